The molecule has 0 bridgehead atoms. The van der Waals surface area contributed by atoms with Crippen LogP contribution in [0.25, 0.3) is 0 Å². The average molecular weight is 558 g/mol. The van der Waals surface area contributed by atoms with Crippen molar-refractivity contribution in [2.45, 2.75) is 44.4 Å². The number of halogens is 1. The molecule has 39 heavy (non-hydrogen) atoms. The highest BCUT2D eigenvalue weighted by Gasteiger charge is 2.26. The van der Waals surface area contributed by atoms with Gasteiger partial charge in [0.15, 0.2) is 5.17 Å². The van der Waals surface area contributed by atoms with Crippen molar-refractivity contribution in [2.24, 2.45) is 4.99 Å². The number of aryl methyl sites for hydroxylation is 1. The first kappa shape index (κ1) is 30.2. The maximum atomic E-state index is 12.9. The minimum absolute atomic E-state index is 0.226. The van der Waals surface area contributed by atoms with Gasteiger partial charge in [-0.05, 0) is 75.0 Å². The van der Waals surface area contributed by atoms with Crippen LogP contribution in [-0.2, 0) is 15.3 Å². The van der Waals surface area contributed by atoms with Crippen LogP contribution in [0.3, 0.4) is 0 Å². The Bertz CT molecular complexity index is 1150. The number of rotatable bonds is 9. The molecule has 0 saturated carbocycles. The molecule has 1 fully saturated rings. The molecule has 1 saturated heterocycles. The Labute approximate surface area is 233 Å². The molecule has 4 rings (SSSR count). The van der Waals surface area contributed by atoms with Gasteiger partial charge >= 0.3 is 11.9 Å². The van der Waals surface area contributed by atoms with Crippen LogP contribution in [0.1, 0.15) is 36.8 Å². The number of aliphatic carboxylic acids is 2. The second-order valence-electron chi connectivity index (χ2n) is 9.52. The van der Waals surface area contributed by atoms with Crippen LogP contribution in [0.2, 0.25) is 0 Å². The van der Waals surface area contributed by atoms with E-state index in [0.717, 1.165) is 54.8 Å². The first-order valence-corrected chi connectivity index (χ1v) is 14.0. The first-order valence-electron chi connectivity index (χ1n) is 13.0. The zero-order valence-electron chi connectivity index (χ0n) is 22.4. The fraction of sp³-hybridized carbons (Fsp3) is 0.414. The van der Waals surface area contributed by atoms with Gasteiger partial charge in [-0.25, -0.2) is 19.0 Å². The average Bonchev–Trinajstić information content (AvgIpc) is 2.93. The number of amidine groups is 1. The highest BCUT2D eigenvalue weighted by Crippen LogP contribution is 2.33. The number of nitrogens with zero attached hydrogens (tertiary/aromatic N) is 3. The maximum absolute atomic E-state index is 12.9. The molecule has 0 radical (unpaired) electrons. The minimum Gasteiger partial charge on any atom is -0.494 e. The van der Waals surface area contributed by atoms with Crippen molar-refractivity contribution in [3.63, 3.8) is 0 Å². The second-order valence-corrected chi connectivity index (χ2v) is 10.5. The van der Waals surface area contributed by atoms with Crippen LogP contribution < -0.4 is 4.74 Å². The third-order valence-electron chi connectivity index (χ3n) is 6.53. The van der Waals surface area contributed by atoms with Crippen molar-refractivity contribution in [3.05, 3.63) is 71.6 Å². The number of carbonyl (C=O) groups is 2. The second kappa shape index (κ2) is 15.3. The largest absolute Gasteiger partial charge is 0.494 e. The lowest BCUT2D eigenvalue weighted by Crippen LogP contribution is -2.45. The molecule has 2 aliphatic heterocycles. The fourth-order valence-corrected chi connectivity index (χ4v) is 5.42. The van der Waals surface area contributed by atoms with E-state index in [2.05, 4.69) is 42.0 Å². The number of carboxylic acid groups (broad SMARTS) is 2. The Morgan fingerprint density at radius 3 is 2.41 bits per heavy atom. The van der Waals surface area contributed by atoms with Crippen molar-refractivity contribution in [1.82, 2.24) is 9.80 Å². The van der Waals surface area contributed by atoms with Crippen molar-refractivity contribution < 1.29 is 28.9 Å². The quantitative estimate of drug-likeness (QED) is 0.315. The molecule has 2 aromatic rings. The number of ether oxygens (including phenoxy) is 1. The summed E-state index contributed by atoms with van der Waals surface area (Å²) in [6.45, 7) is 6.22. The topological polar surface area (TPSA) is 103 Å². The van der Waals surface area contributed by atoms with E-state index in [1.807, 2.05) is 11.8 Å². The molecule has 0 aliphatic carbocycles. The number of unbranched alkanes of at least 4 members (excludes halogenated alkanes) is 1. The summed E-state index contributed by atoms with van der Waals surface area (Å²) in [5.74, 6) is -0.985. The maximum Gasteiger partial charge on any atom is 0.328 e. The summed E-state index contributed by atoms with van der Waals surface area (Å²) in [6.07, 6.45) is 5.63. The predicted octanol–water partition coefficient (Wildman–Crippen LogP) is 5.34. The molecule has 10 heteroatoms. The molecule has 0 aromatic heterocycles. The van der Waals surface area contributed by atoms with Crippen LogP contribution in [-0.4, -0.2) is 76.4 Å². The zero-order chi connectivity index (χ0) is 28.2. The lowest BCUT2D eigenvalue weighted by molar-refractivity contribution is -0.134. The van der Waals surface area contributed by atoms with Crippen molar-refractivity contribution in [2.75, 3.05) is 33.3 Å². The minimum atomic E-state index is -1.26. The van der Waals surface area contributed by atoms with Gasteiger partial charge in [-0.15, -0.1) is 0 Å². The Morgan fingerprint density at radius 1 is 1.10 bits per heavy atom. The number of fused-ring (bicyclic) bond motifs is 1. The summed E-state index contributed by atoms with van der Waals surface area (Å²) >= 11 is 1.86. The number of piperidine rings is 1. The number of hydrogen-bond acceptors (Lipinski definition) is 7. The highest BCUT2D eigenvalue weighted by atomic mass is 32.2. The van der Waals surface area contributed by atoms with E-state index in [1.54, 1.807) is 12.1 Å². The molecule has 2 aliphatic rings. The predicted molar refractivity (Wildman–Crippen MR) is 152 cm³/mol. The molecule has 0 spiro atoms. The molecule has 0 amide bonds. The van der Waals surface area contributed by atoms with E-state index in [0.29, 0.717) is 24.8 Å². The van der Waals surface area contributed by atoms with Gasteiger partial charge in [0.05, 0.1) is 12.3 Å². The summed E-state index contributed by atoms with van der Waals surface area (Å²) in [6, 6.07) is 13.4. The van der Waals surface area contributed by atoms with Crippen LogP contribution >= 0.6 is 11.8 Å². The summed E-state index contributed by atoms with van der Waals surface area (Å²) in [5.41, 5.74) is 3.78. The number of aliphatic imine (C=N–C) groups is 1. The molecule has 2 heterocycles. The van der Waals surface area contributed by atoms with Gasteiger partial charge in [0.25, 0.3) is 0 Å². The fourth-order valence-electron chi connectivity index (χ4n) is 4.38. The number of benzene rings is 2. The summed E-state index contributed by atoms with van der Waals surface area (Å²) in [7, 11) is 2.21. The van der Waals surface area contributed by atoms with E-state index in [9.17, 15) is 14.0 Å². The normalized spacial score (nSPS) is 15.6. The van der Waals surface area contributed by atoms with Gasteiger partial charge < -0.3 is 24.7 Å². The molecular weight excluding hydrogens is 521 g/mol. The zero-order valence-corrected chi connectivity index (χ0v) is 23.2. The lowest BCUT2D eigenvalue weighted by Gasteiger charge is -2.38. The standard InChI is InChI=1S/C25H32FN3OS.C4H4O4/c1-19-5-10-24-20(17-19)18-31-25(27-24)28(2)22-11-14-29(15-12-22)13-3-4-16-30-23-8-6-21(26)7-9-23;5-3(6)1-2-4(7)8/h5-10,17,22H,3-4,11-16,18H2,1-2H3;1-2H,(H,5,6)(H,7,8). The van der Waals surface area contributed by atoms with Crippen molar-refractivity contribution >= 4 is 34.6 Å². The van der Waals surface area contributed by atoms with E-state index < -0.39 is 11.9 Å². The number of hydrogen-bond donors (Lipinski definition) is 2. The Balaban J connectivity index is 0.000000459. The van der Waals surface area contributed by atoms with E-state index in [1.165, 1.54) is 36.1 Å². The van der Waals surface area contributed by atoms with E-state index >= 15 is 0 Å². The Hall–Kier alpha value is -3.37. The Morgan fingerprint density at radius 2 is 1.77 bits per heavy atom. The van der Waals surface area contributed by atoms with E-state index in [-0.39, 0.29) is 5.82 Å². The smallest absolute Gasteiger partial charge is 0.328 e. The molecule has 210 valence electrons. The molecule has 0 unspecified atom stereocenters. The monoisotopic (exact) mass is 557 g/mol. The third-order valence-corrected chi connectivity index (χ3v) is 7.63. The van der Waals surface area contributed by atoms with Crippen LogP contribution in [0.4, 0.5) is 10.1 Å². The lowest BCUT2D eigenvalue weighted by atomic mass is 10.0. The first-order chi connectivity index (χ1) is 18.7. The van der Waals surface area contributed by atoms with Crippen LogP contribution in [0, 0.1) is 12.7 Å². The van der Waals surface area contributed by atoms with Crippen LogP contribution in [0.15, 0.2) is 59.6 Å². The summed E-state index contributed by atoms with van der Waals surface area (Å²) in [4.78, 5) is 29.0. The van der Waals surface area contributed by atoms with Gasteiger partial charge in [-0.2, -0.15) is 0 Å². The van der Waals surface area contributed by atoms with Gasteiger partial charge in [-0.1, -0.05) is 29.5 Å². The van der Waals surface area contributed by atoms with Gasteiger partial charge in [0.2, 0.25) is 0 Å². The summed E-state index contributed by atoms with van der Waals surface area (Å²) in [5, 5.41) is 16.8. The molecule has 8 nitrogen and oxygen atoms in total. The summed E-state index contributed by atoms with van der Waals surface area (Å²) < 4.78 is 18.6. The highest BCUT2D eigenvalue weighted by molar-refractivity contribution is 8.13. The molecular formula is C29H36FN3O5S. The molecule has 2 aromatic carbocycles. The SMILES string of the molecule is Cc1ccc2c(c1)CSC(N(C)C1CCN(CCCCOc3ccc(F)cc3)CC1)=N2.O=C(O)C=CC(=O)O. The number of thioether (sulfide) groups is 1. The third kappa shape index (κ3) is 10.4. The van der Waals surface area contributed by atoms with Crippen molar-refractivity contribution in [3.8, 4) is 5.75 Å². The van der Waals surface area contributed by atoms with Crippen LogP contribution in [0.5, 0.6) is 5.75 Å². The van der Waals surface area contributed by atoms with E-state index in [4.69, 9.17) is 19.9 Å². The molecule has 0 atom stereocenters. The number of likely N-dealkylation sites (tertiary alicyclic amines) is 1. The van der Waals surface area contributed by atoms with Gasteiger partial charge in [0.1, 0.15) is 11.6 Å². The Kier molecular flexibility index (Phi) is 11.8. The van der Waals surface area contributed by atoms with Gasteiger partial charge in [-0.3, -0.25) is 0 Å². The number of carboxylic acids is 2. The molecule has 2 N–H and O–H groups in total. The van der Waals surface area contributed by atoms with Gasteiger partial charge in [0, 0.05) is 44.1 Å². The van der Waals surface area contributed by atoms with Crippen molar-refractivity contribution in [1.29, 1.82) is 0 Å².